The van der Waals surface area contributed by atoms with Gasteiger partial charge in [-0.1, -0.05) is 331 Å². The number of hydrogen-bond acceptors (Lipinski definition) is 18. The fourth-order valence-electron chi connectivity index (χ4n) is 14.6. The zero-order valence-electron chi connectivity index (χ0n) is 66.7. The standard InChI is InChI=1S/C87H159NO18/c1-3-5-7-9-11-13-15-17-19-21-23-25-26-27-28-29-30-31-32-33-34-35-36-37-38-39-40-41-42-43-44-45-47-49-51-53-55-57-59-61-63-65-75(93)88-70(71(92)64-62-60-58-56-54-52-50-48-46-24-22-20-18-16-14-12-10-8-6-4-2)69-101-85-81(99)78(96)83(73(67-90)103-85)106-87-82(100)79(97)84(74(68-91)104-87)105-86-80(98)77(95)76(94)72(66-89)102-86/h15,17,21,23,46,48,54,56,62,64,70-74,76-87,89-92,94-100H,3-14,16,18-20,22,24-45,47,49-53,55,57-61,63,65-69H2,1-2H3,(H,88,93)/b17-15-,23-21-,48-46+,56-54+,64-62+. The summed E-state index contributed by atoms with van der Waals surface area (Å²) in [6, 6.07) is -0.998. The first-order valence-electron chi connectivity index (χ1n) is 43.5. The molecule has 106 heavy (non-hydrogen) atoms. The lowest BCUT2D eigenvalue weighted by atomic mass is 9.96. The monoisotopic (exact) mass is 1510 g/mol. The molecule has 3 aliphatic rings. The average molecular weight is 1510 g/mol. The SMILES string of the molecule is CCCCCCC/C=C\C/C=C\CCCCCCCCCCCCCCCCCCCCCCCCCCCCCCCC(=O)NC(COC1OC(CO)C(OC2OC(CO)C(OC3OC(CO)C(O)C(O)C3O)C(O)C2O)C(O)C1O)C(O)/C=C/CC/C=C/CC/C=C/CCCCCCCCCCCC. The molecule has 0 spiro atoms. The van der Waals surface area contributed by atoms with Gasteiger partial charge in [0, 0.05) is 6.42 Å². The lowest BCUT2D eigenvalue weighted by molar-refractivity contribution is -0.379. The minimum absolute atomic E-state index is 0.235. The fourth-order valence-corrected chi connectivity index (χ4v) is 14.6. The lowest BCUT2D eigenvalue weighted by Gasteiger charge is -2.48. The lowest BCUT2D eigenvalue weighted by Crippen LogP contribution is -2.66. The van der Waals surface area contributed by atoms with Crippen LogP contribution in [-0.4, -0.2) is 193 Å². The Morgan fingerprint density at radius 3 is 1.00 bits per heavy atom. The molecule has 620 valence electrons. The Bertz CT molecular complexity index is 2150. The Morgan fingerprint density at radius 2 is 0.632 bits per heavy atom. The van der Waals surface area contributed by atoms with Gasteiger partial charge >= 0.3 is 0 Å². The van der Waals surface area contributed by atoms with Crippen molar-refractivity contribution in [2.24, 2.45) is 0 Å². The van der Waals surface area contributed by atoms with Crippen molar-refractivity contribution in [3.63, 3.8) is 0 Å². The number of allylic oxidation sites excluding steroid dienone is 9. The van der Waals surface area contributed by atoms with Crippen LogP contribution in [0.1, 0.15) is 354 Å². The van der Waals surface area contributed by atoms with Crippen LogP contribution in [0.5, 0.6) is 0 Å². The number of ether oxygens (including phenoxy) is 6. The zero-order valence-corrected chi connectivity index (χ0v) is 66.7. The summed E-state index contributed by atoms with van der Waals surface area (Å²) in [7, 11) is 0. The maximum absolute atomic E-state index is 13.5. The second-order valence-corrected chi connectivity index (χ2v) is 31.0. The minimum atomic E-state index is -1.98. The van der Waals surface area contributed by atoms with E-state index < -0.39 is 124 Å². The van der Waals surface area contributed by atoms with E-state index in [0.717, 1.165) is 51.4 Å². The number of carbonyl (C=O) groups excluding carboxylic acids is 1. The molecule has 17 atom stereocenters. The van der Waals surface area contributed by atoms with Crippen molar-refractivity contribution in [2.45, 2.75) is 458 Å². The van der Waals surface area contributed by atoms with Crippen LogP contribution in [0.2, 0.25) is 0 Å². The van der Waals surface area contributed by atoms with Gasteiger partial charge in [0.2, 0.25) is 5.91 Å². The van der Waals surface area contributed by atoms with E-state index in [2.05, 4.69) is 67.8 Å². The number of carbonyl (C=O) groups is 1. The van der Waals surface area contributed by atoms with Crippen molar-refractivity contribution in [1.82, 2.24) is 5.32 Å². The van der Waals surface area contributed by atoms with Crippen molar-refractivity contribution >= 4 is 5.91 Å². The zero-order chi connectivity index (χ0) is 76.7. The van der Waals surface area contributed by atoms with Crippen LogP contribution in [0.4, 0.5) is 0 Å². The van der Waals surface area contributed by atoms with Crippen molar-refractivity contribution in [3.8, 4) is 0 Å². The van der Waals surface area contributed by atoms with E-state index in [0.29, 0.717) is 12.8 Å². The van der Waals surface area contributed by atoms with Crippen LogP contribution in [-0.2, 0) is 33.2 Å². The highest BCUT2D eigenvalue weighted by Gasteiger charge is 2.54. The van der Waals surface area contributed by atoms with Crippen LogP contribution < -0.4 is 5.32 Å². The van der Waals surface area contributed by atoms with E-state index in [9.17, 15) is 61.0 Å². The molecule has 3 saturated heterocycles. The predicted molar refractivity (Wildman–Crippen MR) is 425 cm³/mol. The Morgan fingerprint density at radius 1 is 0.340 bits per heavy atom. The van der Waals surface area contributed by atoms with E-state index in [-0.39, 0.29) is 18.9 Å². The highest BCUT2D eigenvalue weighted by atomic mass is 16.8. The first-order chi connectivity index (χ1) is 51.8. The Balaban J connectivity index is 1.29. The van der Waals surface area contributed by atoms with Crippen molar-refractivity contribution < 1.29 is 89.4 Å². The number of unbranched alkanes of at least 4 members (excludes halogenated alkanes) is 46. The normalized spacial score (nSPS) is 25.9. The fraction of sp³-hybridized carbons (Fsp3) is 0.874. The van der Waals surface area contributed by atoms with Gasteiger partial charge in [-0.3, -0.25) is 4.79 Å². The maximum atomic E-state index is 13.5. The molecule has 0 aromatic rings. The highest BCUT2D eigenvalue weighted by molar-refractivity contribution is 5.76. The molecule has 3 aliphatic heterocycles. The third-order valence-electron chi connectivity index (χ3n) is 21.5. The van der Waals surface area contributed by atoms with Crippen LogP contribution >= 0.6 is 0 Å². The molecule has 1 amide bonds. The van der Waals surface area contributed by atoms with Crippen molar-refractivity contribution in [1.29, 1.82) is 0 Å². The number of aliphatic hydroxyl groups excluding tert-OH is 11. The highest BCUT2D eigenvalue weighted by Crippen LogP contribution is 2.33. The van der Waals surface area contributed by atoms with E-state index in [4.69, 9.17) is 28.4 Å². The third kappa shape index (κ3) is 45.9. The number of amides is 1. The average Bonchev–Trinajstić information content (AvgIpc) is 0.780. The molecule has 12 N–H and O–H groups in total. The van der Waals surface area contributed by atoms with E-state index in [1.165, 1.54) is 270 Å². The third-order valence-corrected chi connectivity index (χ3v) is 21.5. The van der Waals surface area contributed by atoms with E-state index in [1.54, 1.807) is 6.08 Å². The molecule has 0 aliphatic carbocycles. The summed E-state index contributed by atoms with van der Waals surface area (Å²) < 4.78 is 34.4. The number of rotatable bonds is 70. The largest absolute Gasteiger partial charge is 0.394 e. The van der Waals surface area contributed by atoms with E-state index in [1.807, 2.05) is 6.08 Å². The van der Waals surface area contributed by atoms with Gasteiger partial charge in [-0.25, -0.2) is 0 Å². The van der Waals surface area contributed by atoms with Gasteiger partial charge in [0.05, 0.1) is 38.6 Å². The number of hydrogen-bond donors (Lipinski definition) is 12. The summed E-state index contributed by atoms with van der Waals surface area (Å²) in [6.07, 6.45) is 61.1. The first-order valence-corrected chi connectivity index (χ1v) is 43.5. The quantitative estimate of drug-likeness (QED) is 0.0199. The second-order valence-electron chi connectivity index (χ2n) is 31.0. The Hall–Kier alpha value is -2.51. The minimum Gasteiger partial charge on any atom is -0.394 e. The summed E-state index contributed by atoms with van der Waals surface area (Å²) in [6.45, 7) is 1.74. The summed E-state index contributed by atoms with van der Waals surface area (Å²) >= 11 is 0. The molecule has 0 bridgehead atoms. The van der Waals surface area contributed by atoms with Crippen LogP contribution in [0.25, 0.3) is 0 Å². The predicted octanol–water partition coefficient (Wildman–Crippen LogP) is 15.8. The molecule has 0 aromatic carbocycles. The van der Waals surface area contributed by atoms with Gasteiger partial charge < -0.3 is 89.9 Å². The molecule has 3 fully saturated rings. The number of aliphatic hydroxyl groups is 11. The Labute approximate surface area is 643 Å². The smallest absolute Gasteiger partial charge is 0.220 e. The second kappa shape index (κ2) is 67.0. The molecular weight excluding hydrogens is 1350 g/mol. The molecule has 19 nitrogen and oxygen atoms in total. The molecule has 0 saturated carbocycles. The summed E-state index contributed by atoms with van der Waals surface area (Å²) in [5.41, 5.74) is 0. The van der Waals surface area contributed by atoms with Gasteiger partial charge in [-0.05, 0) is 77.0 Å². The van der Waals surface area contributed by atoms with Gasteiger partial charge in [-0.2, -0.15) is 0 Å². The van der Waals surface area contributed by atoms with Crippen LogP contribution in [0, 0.1) is 0 Å². The summed E-state index contributed by atoms with van der Waals surface area (Å²) in [5, 5.41) is 121. The number of nitrogens with one attached hydrogen (secondary N) is 1. The van der Waals surface area contributed by atoms with Crippen molar-refractivity contribution in [3.05, 3.63) is 60.8 Å². The van der Waals surface area contributed by atoms with Gasteiger partial charge in [0.25, 0.3) is 0 Å². The molecule has 17 unspecified atom stereocenters. The van der Waals surface area contributed by atoms with E-state index >= 15 is 0 Å². The molecule has 19 heteroatoms. The Kier molecular flexibility index (Phi) is 61.8. The molecular formula is C87H159NO18. The topological polar surface area (TPSA) is 307 Å². The van der Waals surface area contributed by atoms with Gasteiger partial charge in [0.1, 0.15) is 73.2 Å². The van der Waals surface area contributed by atoms with Crippen molar-refractivity contribution in [2.75, 3.05) is 26.4 Å². The molecule has 3 heterocycles. The summed E-state index contributed by atoms with van der Waals surface area (Å²) in [5.74, 6) is -0.284. The summed E-state index contributed by atoms with van der Waals surface area (Å²) in [4.78, 5) is 13.5. The van der Waals surface area contributed by atoms with Gasteiger partial charge in [-0.15, -0.1) is 0 Å². The molecule has 0 aromatic heterocycles. The first kappa shape index (κ1) is 97.7. The van der Waals surface area contributed by atoms with Crippen LogP contribution in [0.15, 0.2) is 60.8 Å². The van der Waals surface area contributed by atoms with Gasteiger partial charge in [0.15, 0.2) is 18.9 Å². The van der Waals surface area contributed by atoms with Crippen LogP contribution in [0.3, 0.4) is 0 Å². The molecule has 0 radical (unpaired) electrons. The maximum Gasteiger partial charge on any atom is 0.220 e. The molecule has 3 rings (SSSR count).